The molecule has 2 N–H and O–H groups in total. The van der Waals surface area contributed by atoms with E-state index in [0.29, 0.717) is 37.4 Å². The summed E-state index contributed by atoms with van der Waals surface area (Å²) in [5, 5.41) is 5.86. The molecule has 1 aliphatic heterocycles. The standard InChI is InChI=1S/C21H25N3O3/c1-15-6-5-7-17(14-15)22-21(26)24-12-10-16(11-13-24)20(25)23-18-8-3-4-9-19(18)27-2/h3-9,14,16H,10-13H2,1-2H3,(H,22,26)(H,23,25). The van der Waals surface area contributed by atoms with Crippen molar-refractivity contribution >= 4 is 23.3 Å². The number of carbonyl (C=O) groups excluding carboxylic acids is 2. The minimum Gasteiger partial charge on any atom is -0.495 e. The molecule has 2 aromatic carbocycles. The second-order valence-electron chi connectivity index (χ2n) is 6.75. The molecule has 0 aromatic heterocycles. The first-order chi connectivity index (χ1) is 13.1. The Balaban J connectivity index is 1.52. The first-order valence-electron chi connectivity index (χ1n) is 9.13. The lowest BCUT2D eigenvalue weighted by Crippen LogP contribution is -2.43. The topological polar surface area (TPSA) is 70.7 Å². The number of urea groups is 1. The molecule has 0 aliphatic carbocycles. The molecule has 27 heavy (non-hydrogen) atoms. The van der Waals surface area contributed by atoms with E-state index in [1.165, 1.54) is 0 Å². The van der Waals surface area contributed by atoms with Gasteiger partial charge in [-0.05, 0) is 49.6 Å². The van der Waals surface area contributed by atoms with Gasteiger partial charge in [-0.3, -0.25) is 4.79 Å². The zero-order valence-corrected chi connectivity index (χ0v) is 15.7. The number of amides is 3. The fraction of sp³-hybridized carbons (Fsp3) is 0.333. The van der Waals surface area contributed by atoms with Gasteiger partial charge in [-0.15, -0.1) is 0 Å². The van der Waals surface area contributed by atoms with E-state index in [2.05, 4.69) is 10.6 Å². The monoisotopic (exact) mass is 367 g/mol. The highest BCUT2D eigenvalue weighted by Crippen LogP contribution is 2.26. The number of ether oxygens (including phenoxy) is 1. The van der Waals surface area contributed by atoms with Gasteiger partial charge in [0.05, 0.1) is 12.8 Å². The molecule has 6 nitrogen and oxygen atoms in total. The van der Waals surface area contributed by atoms with Crippen molar-refractivity contribution < 1.29 is 14.3 Å². The van der Waals surface area contributed by atoms with E-state index in [0.717, 1.165) is 11.3 Å². The fourth-order valence-corrected chi connectivity index (χ4v) is 3.25. The molecule has 1 saturated heterocycles. The van der Waals surface area contributed by atoms with E-state index >= 15 is 0 Å². The molecule has 0 unspecified atom stereocenters. The van der Waals surface area contributed by atoms with E-state index in [4.69, 9.17) is 4.74 Å². The number of rotatable bonds is 4. The van der Waals surface area contributed by atoms with Crippen LogP contribution in [0.15, 0.2) is 48.5 Å². The summed E-state index contributed by atoms with van der Waals surface area (Å²) < 4.78 is 5.27. The molecule has 1 aliphatic rings. The van der Waals surface area contributed by atoms with Crippen LogP contribution in [-0.2, 0) is 4.79 Å². The molecule has 0 saturated carbocycles. The van der Waals surface area contributed by atoms with Crippen molar-refractivity contribution in [2.24, 2.45) is 5.92 Å². The van der Waals surface area contributed by atoms with Crippen LogP contribution in [-0.4, -0.2) is 37.0 Å². The number of piperidine rings is 1. The Bertz CT molecular complexity index is 814. The van der Waals surface area contributed by atoms with Crippen molar-refractivity contribution in [1.29, 1.82) is 0 Å². The Morgan fingerprint density at radius 1 is 1.04 bits per heavy atom. The van der Waals surface area contributed by atoms with Gasteiger partial charge in [0.25, 0.3) is 0 Å². The SMILES string of the molecule is COc1ccccc1NC(=O)C1CCN(C(=O)Nc2cccc(C)c2)CC1. The normalized spacial score (nSPS) is 14.5. The minimum absolute atomic E-state index is 0.0294. The Kier molecular flexibility index (Phi) is 5.96. The minimum atomic E-state index is -0.121. The molecule has 0 spiro atoms. The van der Waals surface area contributed by atoms with Crippen molar-refractivity contribution in [1.82, 2.24) is 4.90 Å². The number of para-hydroxylation sites is 2. The first-order valence-corrected chi connectivity index (χ1v) is 9.13. The second kappa shape index (κ2) is 8.58. The average molecular weight is 367 g/mol. The van der Waals surface area contributed by atoms with Gasteiger partial charge in [0, 0.05) is 24.7 Å². The van der Waals surface area contributed by atoms with Crippen molar-refractivity contribution in [3.63, 3.8) is 0 Å². The van der Waals surface area contributed by atoms with Crippen LogP contribution >= 0.6 is 0 Å². The summed E-state index contributed by atoms with van der Waals surface area (Å²) in [5.41, 5.74) is 2.56. The number of hydrogen-bond donors (Lipinski definition) is 2. The van der Waals surface area contributed by atoms with E-state index in [-0.39, 0.29) is 17.9 Å². The number of nitrogens with one attached hydrogen (secondary N) is 2. The average Bonchev–Trinajstić information content (AvgIpc) is 2.68. The molecule has 6 heteroatoms. The molecular weight excluding hydrogens is 342 g/mol. The molecule has 0 radical (unpaired) electrons. The maximum Gasteiger partial charge on any atom is 0.321 e. The molecule has 3 rings (SSSR count). The van der Waals surface area contributed by atoms with E-state index in [1.807, 2.05) is 55.5 Å². The lowest BCUT2D eigenvalue weighted by molar-refractivity contribution is -0.121. The van der Waals surface area contributed by atoms with Crippen LogP contribution in [0.3, 0.4) is 0 Å². The summed E-state index contributed by atoms with van der Waals surface area (Å²) >= 11 is 0. The van der Waals surface area contributed by atoms with Crippen molar-refractivity contribution in [3.05, 3.63) is 54.1 Å². The predicted molar refractivity (Wildman–Crippen MR) is 106 cm³/mol. The van der Waals surface area contributed by atoms with Crippen LogP contribution in [0.1, 0.15) is 18.4 Å². The van der Waals surface area contributed by atoms with Crippen molar-refractivity contribution in [3.8, 4) is 5.75 Å². The van der Waals surface area contributed by atoms with Gasteiger partial charge in [0.1, 0.15) is 5.75 Å². The summed E-state index contributed by atoms with van der Waals surface area (Å²) in [5.74, 6) is 0.497. The summed E-state index contributed by atoms with van der Waals surface area (Å²) in [6.07, 6.45) is 1.28. The molecule has 0 atom stereocenters. The predicted octanol–water partition coefficient (Wildman–Crippen LogP) is 3.89. The molecule has 142 valence electrons. The van der Waals surface area contributed by atoms with Gasteiger partial charge in [0.2, 0.25) is 5.91 Å². The number of carbonyl (C=O) groups is 2. The number of benzene rings is 2. The van der Waals surface area contributed by atoms with Crippen LogP contribution in [0.25, 0.3) is 0 Å². The smallest absolute Gasteiger partial charge is 0.321 e. The number of aryl methyl sites for hydroxylation is 1. The van der Waals surface area contributed by atoms with Crippen LogP contribution in [0.5, 0.6) is 5.75 Å². The van der Waals surface area contributed by atoms with Crippen LogP contribution in [0.2, 0.25) is 0 Å². The van der Waals surface area contributed by atoms with E-state index < -0.39 is 0 Å². The molecule has 3 amide bonds. The highest BCUT2D eigenvalue weighted by atomic mass is 16.5. The largest absolute Gasteiger partial charge is 0.495 e. The van der Waals surface area contributed by atoms with Gasteiger partial charge in [-0.2, -0.15) is 0 Å². The Morgan fingerprint density at radius 2 is 1.78 bits per heavy atom. The van der Waals surface area contributed by atoms with Crippen molar-refractivity contribution in [2.45, 2.75) is 19.8 Å². The van der Waals surface area contributed by atoms with Gasteiger partial charge in [-0.1, -0.05) is 24.3 Å². The zero-order chi connectivity index (χ0) is 19.2. The van der Waals surface area contributed by atoms with Crippen LogP contribution in [0.4, 0.5) is 16.2 Å². The number of anilines is 2. The quantitative estimate of drug-likeness (QED) is 0.861. The maximum atomic E-state index is 12.6. The fourth-order valence-electron chi connectivity index (χ4n) is 3.25. The highest BCUT2D eigenvalue weighted by molar-refractivity contribution is 5.94. The number of methoxy groups -OCH3 is 1. The number of hydrogen-bond acceptors (Lipinski definition) is 3. The molecule has 1 fully saturated rings. The third-order valence-electron chi connectivity index (χ3n) is 4.79. The number of likely N-dealkylation sites (tertiary alicyclic amines) is 1. The zero-order valence-electron chi connectivity index (χ0n) is 15.7. The van der Waals surface area contributed by atoms with Gasteiger partial charge in [-0.25, -0.2) is 4.79 Å². The summed E-state index contributed by atoms with van der Waals surface area (Å²) in [4.78, 5) is 26.7. The third-order valence-corrected chi connectivity index (χ3v) is 4.79. The molecule has 2 aromatic rings. The maximum absolute atomic E-state index is 12.6. The molecular formula is C21H25N3O3. The van der Waals surface area contributed by atoms with Crippen molar-refractivity contribution in [2.75, 3.05) is 30.8 Å². The van der Waals surface area contributed by atoms with E-state index in [1.54, 1.807) is 12.0 Å². The van der Waals surface area contributed by atoms with Gasteiger partial charge < -0.3 is 20.3 Å². The second-order valence-corrected chi connectivity index (χ2v) is 6.75. The summed E-state index contributed by atoms with van der Waals surface area (Å²) in [6, 6.07) is 14.9. The molecule has 1 heterocycles. The van der Waals surface area contributed by atoms with E-state index in [9.17, 15) is 9.59 Å². The number of nitrogens with zero attached hydrogens (tertiary/aromatic N) is 1. The Labute approximate surface area is 159 Å². The molecule has 0 bridgehead atoms. The third kappa shape index (κ3) is 4.78. The highest BCUT2D eigenvalue weighted by Gasteiger charge is 2.27. The Hall–Kier alpha value is -3.02. The van der Waals surface area contributed by atoms with Gasteiger partial charge in [0.15, 0.2) is 0 Å². The van der Waals surface area contributed by atoms with Crippen LogP contribution < -0.4 is 15.4 Å². The lowest BCUT2D eigenvalue weighted by atomic mass is 9.96. The summed E-state index contributed by atoms with van der Waals surface area (Å²) in [6.45, 7) is 3.10. The van der Waals surface area contributed by atoms with Crippen LogP contribution in [0, 0.1) is 12.8 Å². The lowest BCUT2D eigenvalue weighted by Gasteiger charge is -2.31. The summed E-state index contributed by atoms with van der Waals surface area (Å²) in [7, 11) is 1.58. The first kappa shape index (κ1) is 18.8. The Morgan fingerprint density at radius 3 is 2.48 bits per heavy atom. The van der Waals surface area contributed by atoms with Gasteiger partial charge >= 0.3 is 6.03 Å².